The Bertz CT molecular complexity index is 358. The van der Waals surface area contributed by atoms with Crippen LogP contribution in [0.2, 0.25) is 0 Å². The van der Waals surface area contributed by atoms with Crippen LogP contribution in [0.5, 0.6) is 0 Å². The minimum atomic E-state index is -0.228. The number of carbonyl (C=O) groups is 1. The summed E-state index contributed by atoms with van der Waals surface area (Å²) in [7, 11) is 0. The molecule has 0 aliphatic heterocycles. The average molecular weight is 208 g/mol. The van der Waals surface area contributed by atoms with Gasteiger partial charge in [0.1, 0.15) is 11.6 Å². The molecule has 1 unspecified atom stereocenters. The van der Waals surface area contributed by atoms with Crippen molar-refractivity contribution in [3.8, 4) is 0 Å². The summed E-state index contributed by atoms with van der Waals surface area (Å²) in [6.07, 6.45) is 1.46. The molecule has 0 radical (unpaired) electrons. The second kappa shape index (κ2) is 5.06. The molecule has 0 bridgehead atoms. The zero-order valence-electron chi connectivity index (χ0n) is 9.51. The molecule has 1 aromatic rings. The lowest BCUT2D eigenvalue weighted by atomic mass is 9.91. The van der Waals surface area contributed by atoms with Gasteiger partial charge in [-0.15, -0.1) is 0 Å². The number of halogens is 1. The Kier molecular flexibility index (Phi) is 4.01. The molecule has 0 aliphatic carbocycles. The van der Waals surface area contributed by atoms with Crippen LogP contribution in [0.25, 0.3) is 0 Å². The van der Waals surface area contributed by atoms with E-state index < -0.39 is 0 Å². The van der Waals surface area contributed by atoms with Crippen molar-refractivity contribution in [3.05, 3.63) is 35.1 Å². The number of benzene rings is 1. The summed E-state index contributed by atoms with van der Waals surface area (Å²) in [5.41, 5.74) is 1.99. The van der Waals surface area contributed by atoms with Crippen LogP contribution < -0.4 is 0 Å². The van der Waals surface area contributed by atoms with Crippen molar-refractivity contribution < 1.29 is 9.18 Å². The maximum Gasteiger partial charge on any atom is 0.133 e. The first-order valence-electron chi connectivity index (χ1n) is 5.30. The Morgan fingerprint density at radius 1 is 1.47 bits per heavy atom. The highest BCUT2D eigenvalue weighted by Gasteiger charge is 2.13. The molecule has 15 heavy (non-hydrogen) atoms. The normalized spacial score (nSPS) is 12.5. The molecule has 0 aromatic heterocycles. The Balaban J connectivity index is 2.87. The first-order valence-corrected chi connectivity index (χ1v) is 5.30. The topological polar surface area (TPSA) is 17.1 Å². The van der Waals surface area contributed by atoms with Gasteiger partial charge in [0.15, 0.2) is 0 Å². The molecule has 1 atom stereocenters. The minimum absolute atomic E-state index is 0.0190. The molecule has 0 amide bonds. The van der Waals surface area contributed by atoms with Crippen LogP contribution in [0.3, 0.4) is 0 Å². The van der Waals surface area contributed by atoms with Crippen molar-refractivity contribution in [3.63, 3.8) is 0 Å². The molecular formula is C13H17FO. The van der Waals surface area contributed by atoms with E-state index in [9.17, 15) is 9.18 Å². The van der Waals surface area contributed by atoms with Gasteiger partial charge in [0, 0.05) is 5.92 Å². The fraction of sp³-hybridized carbons (Fsp3) is 0.462. The van der Waals surface area contributed by atoms with Gasteiger partial charge in [-0.25, -0.2) is 4.39 Å². The highest BCUT2D eigenvalue weighted by Crippen LogP contribution is 2.17. The van der Waals surface area contributed by atoms with Gasteiger partial charge in [0.05, 0.1) is 0 Å². The molecule has 2 heteroatoms. The van der Waals surface area contributed by atoms with Gasteiger partial charge in [-0.05, 0) is 49.9 Å². The average Bonchev–Trinajstić information content (AvgIpc) is 2.18. The molecule has 0 saturated carbocycles. The molecule has 82 valence electrons. The van der Waals surface area contributed by atoms with Crippen molar-refractivity contribution in [2.45, 2.75) is 33.6 Å². The molecule has 1 nitrogen and oxygen atoms in total. The molecule has 0 fully saturated rings. The Hall–Kier alpha value is -1.18. The third-order valence-corrected chi connectivity index (χ3v) is 2.85. The van der Waals surface area contributed by atoms with Crippen molar-refractivity contribution >= 4 is 5.78 Å². The zero-order valence-corrected chi connectivity index (χ0v) is 9.51. The SMILES string of the molecule is CCC(Cc1cc(F)ccc1C)C(C)=O. The van der Waals surface area contributed by atoms with Crippen molar-refractivity contribution in [1.29, 1.82) is 0 Å². The van der Waals surface area contributed by atoms with Gasteiger partial charge in [-0.3, -0.25) is 4.79 Å². The number of Topliss-reactive ketones (excluding diaryl/α,β-unsaturated/α-hetero) is 1. The summed E-state index contributed by atoms with van der Waals surface area (Å²) >= 11 is 0. The fourth-order valence-corrected chi connectivity index (χ4v) is 1.70. The first-order chi connectivity index (χ1) is 7.04. The number of hydrogen-bond donors (Lipinski definition) is 0. The largest absolute Gasteiger partial charge is 0.300 e. The van der Waals surface area contributed by atoms with Gasteiger partial charge in [-0.1, -0.05) is 13.0 Å². The van der Waals surface area contributed by atoms with Gasteiger partial charge in [-0.2, -0.15) is 0 Å². The molecule has 0 saturated heterocycles. The van der Waals surface area contributed by atoms with Gasteiger partial charge < -0.3 is 0 Å². The van der Waals surface area contributed by atoms with Gasteiger partial charge in [0.2, 0.25) is 0 Å². The summed E-state index contributed by atoms with van der Waals surface area (Å²) in [6, 6.07) is 4.74. The van der Waals surface area contributed by atoms with Crippen LogP contribution in [0.4, 0.5) is 4.39 Å². The van der Waals surface area contributed by atoms with Crippen molar-refractivity contribution in [2.24, 2.45) is 5.92 Å². The van der Waals surface area contributed by atoms with E-state index in [1.807, 2.05) is 13.8 Å². The van der Waals surface area contributed by atoms with Crippen LogP contribution >= 0.6 is 0 Å². The number of carbonyl (C=O) groups excluding carboxylic acids is 1. The monoisotopic (exact) mass is 208 g/mol. The van der Waals surface area contributed by atoms with E-state index in [0.29, 0.717) is 6.42 Å². The summed E-state index contributed by atoms with van der Waals surface area (Å²) in [4.78, 5) is 11.3. The molecule has 1 aromatic carbocycles. The maximum absolute atomic E-state index is 13.0. The summed E-state index contributed by atoms with van der Waals surface area (Å²) in [5.74, 6) is -0.0272. The van der Waals surface area contributed by atoms with Crippen LogP contribution in [-0.2, 0) is 11.2 Å². The van der Waals surface area contributed by atoms with E-state index in [4.69, 9.17) is 0 Å². The lowest BCUT2D eigenvalue weighted by molar-refractivity contribution is -0.120. The third kappa shape index (κ3) is 3.15. The van der Waals surface area contributed by atoms with Crippen LogP contribution in [0.15, 0.2) is 18.2 Å². The van der Waals surface area contributed by atoms with Gasteiger partial charge in [0.25, 0.3) is 0 Å². The smallest absolute Gasteiger partial charge is 0.133 e. The predicted molar refractivity (Wildman–Crippen MR) is 59.3 cm³/mol. The molecule has 0 spiro atoms. The lowest BCUT2D eigenvalue weighted by Gasteiger charge is -2.13. The van der Waals surface area contributed by atoms with E-state index in [1.54, 1.807) is 13.0 Å². The Morgan fingerprint density at radius 3 is 2.67 bits per heavy atom. The van der Waals surface area contributed by atoms with Crippen molar-refractivity contribution in [2.75, 3.05) is 0 Å². The second-order valence-electron chi connectivity index (χ2n) is 3.99. The molecule has 0 heterocycles. The predicted octanol–water partition coefficient (Wildman–Crippen LogP) is 3.29. The molecule has 0 aliphatic rings. The molecule has 0 N–H and O–H groups in total. The van der Waals surface area contributed by atoms with Crippen LogP contribution in [-0.4, -0.2) is 5.78 Å². The zero-order chi connectivity index (χ0) is 11.4. The van der Waals surface area contributed by atoms with Crippen LogP contribution in [0, 0.1) is 18.7 Å². The van der Waals surface area contributed by atoms with E-state index in [1.165, 1.54) is 12.1 Å². The van der Waals surface area contributed by atoms with E-state index in [0.717, 1.165) is 17.5 Å². The van der Waals surface area contributed by atoms with Gasteiger partial charge >= 0.3 is 0 Å². The van der Waals surface area contributed by atoms with Crippen LogP contribution in [0.1, 0.15) is 31.4 Å². The Morgan fingerprint density at radius 2 is 2.13 bits per heavy atom. The van der Waals surface area contributed by atoms with E-state index in [-0.39, 0.29) is 17.5 Å². The maximum atomic E-state index is 13.0. The standard InChI is InChI=1S/C13H17FO/c1-4-11(10(3)15)7-12-8-13(14)6-5-9(12)2/h5-6,8,11H,4,7H2,1-3H3. The fourth-order valence-electron chi connectivity index (χ4n) is 1.70. The Labute approximate surface area is 90.3 Å². The second-order valence-corrected chi connectivity index (χ2v) is 3.99. The van der Waals surface area contributed by atoms with Crippen molar-refractivity contribution in [1.82, 2.24) is 0 Å². The number of aryl methyl sites for hydroxylation is 1. The first kappa shape index (κ1) is 11.9. The summed E-state index contributed by atoms with van der Waals surface area (Å²) in [6.45, 7) is 5.53. The molecule has 1 rings (SSSR count). The lowest BCUT2D eigenvalue weighted by Crippen LogP contribution is -2.13. The minimum Gasteiger partial charge on any atom is -0.300 e. The summed E-state index contributed by atoms with van der Waals surface area (Å²) < 4.78 is 13.0. The molecular weight excluding hydrogens is 191 g/mol. The summed E-state index contributed by atoms with van der Waals surface area (Å²) in [5, 5.41) is 0. The highest BCUT2D eigenvalue weighted by atomic mass is 19.1. The number of ketones is 1. The number of hydrogen-bond acceptors (Lipinski definition) is 1. The van der Waals surface area contributed by atoms with E-state index in [2.05, 4.69) is 0 Å². The quantitative estimate of drug-likeness (QED) is 0.742. The van der Waals surface area contributed by atoms with E-state index >= 15 is 0 Å². The number of rotatable bonds is 4. The highest BCUT2D eigenvalue weighted by molar-refractivity contribution is 5.78. The third-order valence-electron chi connectivity index (χ3n) is 2.85.